The normalized spacial score (nSPS) is 13.5. The van der Waals surface area contributed by atoms with Gasteiger partial charge in [0.2, 0.25) is 6.79 Å². The predicted molar refractivity (Wildman–Crippen MR) is 97.8 cm³/mol. The van der Waals surface area contributed by atoms with Crippen molar-refractivity contribution in [3.05, 3.63) is 64.5 Å². The zero-order valence-corrected chi connectivity index (χ0v) is 14.6. The summed E-state index contributed by atoms with van der Waals surface area (Å²) in [6, 6.07) is 15.5. The number of benzene rings is 2. The summed E-state index contributed by atoms with van der Waals surface area (Å²) in [6.07, 6.45) is 0. The van der Waals surface area contributed by atoms with Gasteiger partial charge < -0.3 is 19.5 Å². The number of carbonyl (C=O) groups excluding carboxylic acids is 1. The number of carbonyl (C=O) groups is 1. The molecule has 1 amide bonds. The standard InChI is InChI=1S/C20H15NO4S/c22-20(21-9-12-5-6-16-17(7-12)25-11-24-16)18-8-13-10-23-15-4-2-1-3-14(15)19(13)26-18/h1-8H,9-11H2,(H,21,22). The van der Waals surface area contributed by atoms with Crippen molar-refractivity contribution < 1.29 is 19.0 Å². The van der Waals surface area contributed by atoms with Crippen molar-refractivity contribution >= 4 is 17.2 Å². The van der Waals surface area contributed by atoms with Crippen LogP contribution in [-0.2, 0) is 13.2 Å². The third-order valence-corrected chi connectivity index (χ3v) is 5.65. The Bertz CT molecular complexity index is 1010. The van der Waals surface area contributed by atoms with E-state index in [1.165, 1.54) is 11.3 Å². The molecule has 5 rings (SSSR count). The van der Waals surface area contributed by atoms with E-state index in [0.717, 1.165) is 38.8 Å². The molecule has 1 N–H and O–H groups in total. The van der Waals surface area contributed by atoms with Crippen molar-refractivity contribution in [2.45, 2.75) is 13.2 Å². The monoisotopic (exact) mass is 365 g/mol. The van der Waals surface area contributed by atoms with E-state index < -0.39 is 0 Å². The molecule has 3 aromatic rings. The molecule has 26 heavy (non-hydrogen) atoms. The molecule has 3 heterocycles. The minimum Gasteiger partial charge on any atom is -0.488 e. The lowest BCUT2D eigenvalue weighted by Gasteiger charge is -2.16. The third-order valence-electron chi connectivity index (χ3n) is 4.44. The molecule has 0 radical (unpaired) electrons. The minimum atomic E-state index is -0.0838. The summed E-state index contributed by atoms with van der Waals surface area (Å²) in [5.41, 5.74) is 3.08. The van der Waals surface area contributed by atoms with Crippen LogP contribution in [0.3, 0.4) is 0 Å². The maximum atomic E-state index is 12.6. The van der Waals surface area contributed by atoms with E-state index in [1.807, 2.05) is 48.5 Å². The average Bonchev–Trinajstić information content (AvgIpc) is 3.32. The van der Waals surface area contributed by atoms with Crippen molar-refractivity contribution in [1.29, 1.82) is 0 Å². The van der Waals surface area contributed by atoms with Crippen molar-refractivity contribution in [2.24, 2.45) is 0 Å². The van der Waals surface area contributed by atoms with Gasteiger partial charge in [0.25, 0.3) is 5.91 Å². The van der Waals surface area contributed by atoms with Crippen LogP contribution in [0.15, 0.2) is 48.5 Å². The van der Waals surface area contributed by atoms with Gasteiger partial charge in [-0.05, 0) is 35.9 Å². The molecule has 0 spiro atoms. The summed E-state index contributed by atoms with van der Waals surface area (Å²) in [5, 5.41) is 2.97. The zero-order chi connectivity index (χ0) is 17.5. The lowest BCUT2D eigenvalue weighted by Crippen LogP contribution is -2.21. The van der Waals surface area contributed by atoms with Gasteiger partial charge in [-0.25, -0.2) is 0 Å². The van der Waals surface area contributed by atoms with Gasteiger partial charge in [-0.2, -0.15) is 0 Å². The van der Waals surface area contributed by atoms with Gasteiger partial charge in [0, 0.05) is 22.5 Å². The maximum Gasteiger partial charge on any atom is 0.261 e. The topological polar surface area (TPSA) is 56.8 Å². The average molecular weight is 365 g/mol. The Morgan fingerprint density at radius 2 is 1.88 bits per heavy atom. The molecule has 0 unspecified atom stereocenters. The highest BCUT2D eigenvalue weighted by Gasteiger charge is 2.22. The molecule has 0 atom stereocenters. The summed E-state index contributed by atoms with van der Waals surface area (Å²) in [6.45, 7) is 1.18. The number of para-hydroxylation sites is 1. The van der Waals surface area contributed by atoms with E-state index >= 15 is 0 Å². The molecule has 2 aliphatic rings. The molecule has 0 aliphatic carbocycles. The molecule has 2 aliphatic heterocycles. The molecule has 1 aromatic heterocycles. The molecule has 5 nitrogen and oxygen atoms in total. The Kier molecular flexibility index (Phi) is 3.57. The fourth-order valence-corrected chi connectivity index (χ4v) is 4.25. The second-order valence-electron chi connectivity index (χ2n) is 6.12. The quantitative estimate of drug-likeness (QED) is 0.763. The van der Waals surface area contributed by atoms with E-state index in [9.17, 15) is 4.79 Å². The summed E-state index contributed by atoms with van der Waals surface area (Å²) < 4.78 is 16.4. The van der Waals surface area contributed by atoms with Crippen molar-refractivity contribution in [1.82, 2.24) is 5.32 Å². The first-order valence-electron chi connectivity index (χ1n) is 8.29. The molecule has 0 bridgehead atoms. The summed E-state index contributed by atoms with van der Waals surface area (Å²) in [5.74, 6) is 2.25. The van der Waals surface area contributed by atoms with E-state index in [4.69, 9.17) is 14.2 Å². The number of ether oxygens (including phenoxy) is 3. The Balaban J connectivity index is 1.33. The SMILES string of the molecule is O=C(NCc1ccc2c(c1)OCO2)c1cc2c(s1)-c1ccccc1OC2. The minimum absolute atomic E-state index is 0.0838. The Hall–Kier alpha value is -2.99. The second-order valence-corrected chi connectivity index (χ2v) is 7.17. The molecule has 0 fully saturated rings. The molecule has 0 saturated heterocycles. The second kappa shape index (κ2) is 6.07. The largest absolute Gasteiger partial charge is 0.488 e. The van der Waals surface area contributed by atoms with Crippen LogP contribution in [0.5, 0.6) is 17.2 Å². The molecule has 130 valence electrons. The number of thiophene rings is 1. The van der Waals surface area contributed by atoms with Gasteiger partial charge in [0.1, 0.15) is 12.4 Å². The van der Waals surface area contributed by atoms with Crippen LogP contribution in [0.2, 0.25) is 0 Å². The highest BCUT2D eigenvalue weighted by Crippen LogP contribution is 2.42. The maximum absolute atomic E-state index is 12.6. The Labute approximate surface area is 154 Å². The van der Waals surface area contributed by atoms with Gasteiger partial charge in [-0.1, -0.05) is 18.2 Å². The van der Waals surface area contributed by atoms with Crippen LogP contribution >= 0.6 is 11.3 Å². The van der Waals surface area contributed by atoms with Gasteiger partial charge in [-0.15, -0.1) is 11.3 Å². The molecule has 2 aromatic carbocycles. The van der Waals surface area contributed by atoms with E-state index in [0.29, 0.717) is 18.0 Å². The van der Waals surface area contributed by atoms with Crippen LogP contribution in [0, 0.1) is 0 Å². The first-order chi connectivity index (χ1) is 12.8. The van der Waals surface area contributed by atoms with E-state index in [1.54, 1.807) is 0 Å². The van der Waals surface area contributed by atoms with Gasteiger partial charge in [0.05, 0.1) is 4.88 Å². The lowest BCUT2D eigenvalue weighted by molar-refractivity contribution is 0.0955. The molecular weight excluding hydrogens is 350 g/mol. The van der Waals surface area contributed by atoms with Crippen LogP contribution in [0.25, 0.3) is 10.4 Å². The number of rotatable bonds is 3. The first kappa shape index (κ1) is 15.3. The fourth-order valence-electron chi connectivity index (χ4n) is 3.13. The third kappa shape index (κ3) is 2.59. The van der Waals surface area contributed by atoms with Gasteiger partial charge in [0.15, 0.2) is 11.5 Å². The molecule has 0 saturated carbocycles. The number of hydrogen-bond acceptors (Lipinski definition) is 5. The van der Waals surface area contributed by atoms with Gasteiger partial charge >= 0.3 is 0 Å². The van der Waals surface area contributed by atoms with Crippen LogP contribution in [0.1, 0.15) is 20.8 Å². The van der Waals surface area contributed by atoms with Crippen molar-refractivity contribution in [3.63, 3.8) is 0 Å². The van der Waals surface area contributed by atoms with E-state index in [-0.39, 0.29) is 12.7 Å². The number of fused-ring (bicyclic) bond motifs is 4. The van der Waals surface area contributed by atoms with Crippen LogP contribution < -0.4 is 19.5 Å². The highest BCUT2D eigenvalue weighted by atomic mass is 32.1. The van der Waals surface area contributed by atoms with Crippen molar-refractivity contribution in [3.8, 4) is 27.7 Å². The first-order valence-corrected chi connectivity index (χ1v) is 9.11. The van der Waals surface area contributed by atoms with Crippen LogP contribution in [0.4, 0.5) is 0 Å². The summed E-state index contributed by atoms with van der Waals surface area (Å²) >= 11 is 1.50. The number of hydrogen-bond donors (Lipinski definition) is 1. The Morgan fingerprint density at radius 1 is 1.00 bits per heavy atom. The highest BCUT2D eigenvalue weighted by molar-refractivity contribution is 7.17. The fraction of sp³-hybridized carbons (Fsp3) is 0.150. The summed E-state index contributed by atoms with van der Waals surface area (Å²) in [7, 11) is 0. The predicted octanol–water partition coefficient (Wildman–Crippen LogP) is 3.97. The van der Waals surface area contributed by atoms with Crippen molar-refractivity contribution in [2.75, 3.05) is 6.79 Å². The molecular formula is C20H15NO4S. The number of amides is 1. The van der Waals surface area contributed by atoms with Gasteiger partial charge in [-0.3, -0.25) is 4.79 Å². The number of nitrogens with one attached hydrogen (secondary N) is 1. The molecule has 6 heteroatoms. The van der Waals surface area contributed by atoms with Crippen LogP contribution in [-0.4, -0.2) is 12.7 Å². The van der Waals surface area contributed by atoms with E-state index in [2.05, 4.69) is 5.32 Å². The smallest absolute Gasteiger partial charge is 0.261 e. The Morgan fingerprint density at radius 3 is 2.85 bits per heavy atom. The summed E-state index contributed by atoms with van der Waals surface area (Å²) in [4.78, 5) is 14.4. The lowest BCUT2D eigenvalue weighted by atomic mass is 10.1. The zero-order valence-electron chi connectivity index (χ0n) is 13.8.